The first-order chi connectivity index (χ1) is 11.3. The summed E-state index contributed by atoms with van der Waals surface area (Å²) in [6.07, 6.45) is 4.91. The van der Waals surface area contributed by atoms with Crippen LogP contribution in [0.1, 0.15) is 38.0 Å². The normalized spacial score (nSPS) is 21.3. The van der Waals surface area contributed by atoms with Crippen LogP contribution in [-0.2, 0) is 11.2 Å². The number of aromatic nitrogens is 2. The number of nitrogens with one attached hydrogen (secondary N) is 1. The van der Waals surface area contributed by atoms with Crippen LogP contribution < -0.4 is 5.32 Å². The Morgan fingerprint density at radius 1 is 1.43 bits per heavy atom. The number of amides is 1. The average molecular weight is 335 g/mol. The van der Waals surface area contributed by atoms with Crippen molar-refractivity contribution in [1.82, 2.24) is 15.5 Å². The Hall–Kier alpha value is -1.73. The second-order valence-corrected chi connectivity index (χ2v) is 6.70. The van der Waals surface area contributed by atoms with Crippen molar-refractivity contribution < 1.29 is 14.4 Å². The van der Waals surface area contributed by atoms with Gasteiger partial charge >= 0.3 is 0 Å². The number of aliphatic hydroxyl groups excluding tert-OH is 1. The van der Waals surface area contributed by atoms with Gasteiger partial charge in [-0.2, -0.15) is 16.3 Å². The molecule has 2 aromatic heterocycles. The molecule has 7 heteroatoms. The molecule has 0 spiro atoms. The first kappa shape index (κ1) is 16.1. The van der Waals surface area contributed by atoms with Crippen molar-refractivity contribution in [3.8, 4) is 11.4 Å². The maximum Gasteiger partial charge on any atom is 0.227 e. The van der Waals surface area contributed by atoms with E-state index in [1.54, 1.807) is 11.3 Å². The highest BCUT2D eigenvalue weighted by atomic mass is 32.1. The van der Waals surface area contributed by atoms with E-state index < -0.39 is 0 Å². The van der Waals surface area contributed by atoms with E-state index in [1.165, 1.54) is 0 Å². The van der Waals surface area contributed by atoms with Gasteiger partial charge in [-0.15, -0.1) is 0 Å². The van der Waals surface area contributed by atoms with Gasteiger partial charge in [-0.05, 0) is 24.3 Å². The van der Waals surface area contributed by atoms with Gasteiger partial charge in [-0.3, -0.25) is 4.79 Å². The molecule has 6 nitrogen and oxygen atoms in total. The van der Waals surface area contributed by atoms with Gasteiger partial charge in [0.25, 0.3) is 0 Å². The van der Waals surface area contributed by atoms with Gasteiger partial charge in [0.2, 0.25) is 17.6 Å². The molecule has 2 atom stereocenters. The van der Waals surface area contributed by atoms with Crippen molar-refractivity contribution in [2.45, 2.75) is 44.6 Å². The van der Waals surface area contributed by atoms with Crippen LogP contribution in [0.25, 0.3) is 11.4 Å². The molecule has 1 aliphatic carbocycles. The van der Waals surface area contributed by atoms with Gasteiger partial charge in [-0.25, -0.2) is 0 Å². The smallest absolute Gasteiger partial charge is 0.227 e. The Labute approximate surface area is 138 Å². The lowest BCUT2D eigenvalue weighted by Crippen LogP contribution is -2.43. The second kappa shape index (κ2) is 7.70. The number of aryl methyl sites for hydroxylation is 1. The van der Waals surface area contributed by atoms with Crippen molar-refractivity contribution in [2.75, 3.05) is 6.61 Å². The molecular weight excluding hydrogens is 314 g/mol. The quantitative estimate of drug-likeness (QED) is 0.846. The Morgan fingerprint density at radius 3 is 3.09 bits per heavy atom. The van der Waals surface area contributed by atoms with Crippen molar-refractivity contribution in [3.05, 3.63) is 22.7 Å². The molecule has 2 unspecified atom stereocenters. The molecule has 2 heterocycles. The van der Waals surface area contributed by atoms with E-state index in [9.17, 15) is 9.90 Å². The van der Waals surface area contributed by atoms with Gasteiger partial charge in [0.05, 0.1) is 0 Å². The molecule has 2 N–H and O–H groups in total. The van der Waals surface area contributed by atoms with E-state index in [-0.39, 0.29) is 24.5 Å². The van der Waals surface area contributed by atoms with Crippen molar-refractivity contribution in [1.29, 1.82) is 0 Å². The highest BCUT2D eigenvalue weighted by molar-refractivity contribution is 7.08. The summed E-state index contributed by atoms with van der Waals surface area (Å²) in [4.78, 5) is 16.4. The summed E-state index contributed by atoms with van der Waals surface area (Å²) in [5.41, 5.74) is 0.933. The van der Waals surface area contributed by atoms with Crippen LogP contribution in [0.15, 0.2) is 21.3 Å². The van der Waals surface area contributed by atoms with Gasteiger partial charge in [0, 0.05) is 42.4 Å². The van der Waals surface area contributed by atoms with Crippen molar-refractivity contribution in [2.24, 2.45) is 5.92 Å². The molecule has 0 aromatic carbocycles. The zero-order valence-corrected chi connectivity index (χ0v) is 13.7. The molecule has 0 saturated heterocycles. The molecule has 2 aromatic rings. The number of hydrogen-bond acceptors (Lipinski definition) is 6. The number of thiophene rings is 1. The molecule has 1 saturated carbocycles. The van der Waals surface area contributed by atoms with Crippen molar-refractivity contribution >= 4 is 17.2 Å². The number of nitrogens with zero attached hydrogens (tertiary/aromatic N) is 2. The van der Waals surface area contributed by atoms with Crippen LogP contribution in [0, 0.1) is 5.92 Å². The van der Waals surface area contributed by atoms with Crippen molar-refractivity contribution in [3.63, 3.8) is 0 Å². The van der Waals surface area contributed by atoms with E-state index in [0.717, 1.165) is 31.2 Å². The molecule has 0 radical (unpaired) electrons. The van der Waals surface area contributed by atoms with Crippen LogP contribution in [0.5, 0.6) is 0 Å². The molecule has 23 heavy (non-hydrogen) atoms. The minimum absolute atomic E-state index is 0.0226. The van der Waals surface area contributed by atoms with Gasteiger partial charge < -0.3 is 14.9 Å². The molecule has 0 aliphatic heterocycles. The van der Waals surface area contributed by atoms with E-state index in [1.807, 2.05) is 16.8 Å². The molecule has 1 fully saturated rings. The summed E-state index contributed by atoms with van der Waals surface area (Å²) in [7, 11) is 0. The number of hydrogen-bond donors (Lipinski definition) is 2. The fourth-order valence-corrected chi connectivity index (χ4v) is 3.62. The van der Waals surface area contributed by atoms with Crippen LogP contribution in [-0.4, -0.2) is 33.8 Å². The SMILES string of the molecule is O=C(CCc1nc(-c2ccsc2)no1)NC1CCCCC1CO. The third-order valence-electron chi connectivity index (χ3n) is 4.30. The fourth-order valence-electron chi connectivity index (χ4n) is 2.98. The van der Waals surface area contributed by atoms with Gasteiger partial charge in [0.1, 0.15) is 0 Å². The minimum atomic E-state index is -0.0226. The lowest BCUT2D eigenvalue weighted by atomic mass is 9.85. The molecule has 0 bridgehead atoms. The number of carbonyl (C=O) groups excluding carboxylic acids is 1. The lowest BCUT2D eigenvalue weighted by Gasteiger charge is -2.30. The van der Waals surface area contributed by atoms with Crippen LogP contribution in [0.4, 0.5) is 0 Å². The lowest BCUT2D eigenvalue weighted by molar-refractivity contribution is -0.122. The predicted octanol–water partition coefficient (Wildman–Crippen LogP) is 2.40. The predicted molar refractivity (Wildman–Crippen MR) is 86.9 cm³/mol. The van der Waals surface area contributed by atoms with Crippen LogP contribution in [0.2, 0.25) is 0 Å². The van der Waals surface area contributed by atoms with Gasteiger partial charge in [-0.1, -0.05) is 18.0 Å². The Balaban J connectivity index is 1.49. The summed E-state index contributed by atoms with van der Waals surface area (Å²) in [6.45, 7) is 0.138. The molecule has 3 rings (SSSR count). The summed E-state index contributed by atoms with van der Waals surface area (Å²) in [5, 5.41) is 20.3. The van der Waals surface area contributed by atoms with E-state index in [0.29, 0.717) is 24.6 Å². The summed E-state index contributed by atoms with van der Waals surface area (Å²) < 4.78 is 5.19. The summed E-state index contributed by atoms with van der Waals surface area (Å²) in [5.74, 6) is 1.20. The monoisotopic (exact) mass is 335 g/mol. The van der Waals surface area contributed by atoms with E-state index in [4.69, 9.17) is 4.52 Å². The largest absolute Gasteiger partial charge is 0.396 e. The zero-order valence-electron chi connectivity index (χ0n) is 12.9. The number of carbonyl (C=O) groups is 1. The van der Waals surface area contributed by atoms with E-state index >= 15 is 0 Å². The van der Waals surface area contributed by atoms with E-state index in [2.05, 4.69) is 15.5 Å². The number of rotatable bonds is 6. The van der Waals surface area contributed by atoms with Crippen LogP contribution >= 0.6 is 11.3 Å². The Morgan fingerprint density at radius 2 is 2.30 bits per heavy atom. The molecule has 1 aliphatic rings. The zero-order chi connectivity index (χ0) is 16.1. The van der Waals surface area contributed by atoms with Gasteiger partial charge in [0.15, 0.2) is 0 Å². The molecule has 124 valence electrons. The average Bonchev–Trinajstić information content (AvgIpc) is 3.24. The third kappa shape index (κ3) is 4.17. The Kier molecular flexibility index (Phi) is 5.40. The summed E-state index contributed by atoms with van der Waals surface area (Å²) in [6, 6.07) is 2.02. The first-order valence-corrected chi connectivity index (χ1v) is 8.96. The standard InChI is InChI=1S/C16H21N3O3S/c20-9-11-3-1-2-4-13(11)17-14(21)5-6-15-18-16(19-22-15)12-7-8-23-10-12/h7-8,10-11,13,20H,1-6,9H2,(H,17,21). The maximum atomic E-state index is 12.1. The third-order valence-corrected chi connectivity index (χ3v) is 4.99. The molecule has 1 amide bonds. The minimum Gasteiger partial charge on any atom is -0.396 e. The fraction of sp³-hybridized carbons (Fsp3) is 0.562. The van der Waals surface area contributed by atoms with Crippen LogP contribution in [0.3, 0.4) is 0 Å². The second-order valence-electron chi connectivity index (χ2n) is 5.92. The first-order valence-electron chi connectivity index (χ1n) is 8.01. The summed E-state index contributed by atoms with van der Waals surface area (Å²) >= 11 is 1.58. The maximum absolute atomic E-state index is 12.1. The highest BCUT2D eigenvalue weighted by Gasteiger charge is 2.25. The Bertz CT molecular complexity index is 626. The highest BCUT2D eigenvalue weighted by Crippen LogP contribution is 2.24. The molecular formula is C16H21N3O3S. The topological polar surface area (TPSA) is 88.2 Å². The number of aliphatic hydroxyl groups is 1.